The third-order valence-electron chi connectivity index (χ3n) is 5.76. The number of carbonyl (C=O) groups excluding carboxylic acids is 1. The molecule has 0 bridgehead atoms. The van der Waals surface area contributed by atoms with Crippen molar-refractivity contribution in [1.82, 2.24) is 25.1 Å². The van der Waals surface area contributed by atoms with Crippen LogP contribution in [0.5, 0.6) is 0 Å². The van der Waals surface area contributed by atoms with Crippen molar-refractivity contribution in [3.8, 4) is 0 Å². The van der Waals surface area contributed by atoms with Gasteiger partial charge in [0.2, 0.25) is 11.1 Å². The molecule has 0 radical (unpaired) electrons. The molecule has 0 saturated carbocycles. The highest BCUT2D eigenvalue weighted by atomic mass is 32.2. The number of thioether (sulfide) groups is 1. The standard InChI is InChI=1S/C26H25N5O2S/c1-18-8-2-3-9-19(18)17-31-22-12-5-4-11-21(22)24-25(31)28-26(30-29-24)34-15-7-13-23(32)27-16-20-10-6-14-33-20/h2-6,8-12,14H,7,13,15-17H2,1H3,(H,27,32). The number of nitrogens with one attached hydrogen (secondary N) is 1. The van der Waals surface area contributed by atoms with Gasteiger partial charge in [-0.1, -0.05) is 54.2 Å². The van der Waals surface area contributed by atoms with E-state index in [0.717, 1.165) is 46.5 Å². The van der Waals surface area contributed by atoms with Crippen molar-refractivity contribution in [2.45, 2.75) is 38.0 Å². The van der Waals surface area contributed by atoms with E-state index < -0.39 is 0 Å². The Kier molecular flexibility index (Phi) is 6.58. The third-order valence-corrected chi connectivity index (χ3v) is 6.69. The van der Waals surface area contributed by atoms with Crippen molar-refractivity contribution in [3.05, 3.63) is 83.8 Å². The van der Waals surface area contributed by atoms with Crippen LogP contribution < -0.4 is 5.32 Å². The van der Waals surface area contributed by atoms with Gasteiger partial charge in [0.25, 0.3) is 0 Å². The average molecular weight is 472 g/mol. The molecule has 2 aromatic carbocycles. The van der Waals surface area contributed by atoms with Gasteiger partial charge in [-0.2, -0.15) is 0 Å². The molecular weight excluding hydrogens is 446 g/mol. The van der Waals surface area contributed by atoms with Crippen molar-refractivity contribution >= 4 is 39.7 Å². The summed E-state index contributed by atoms with van der Waals surface area (Å²) in [7, 11) is 0. The van der Waals surface area contributed by atoms with Crippen molar-refractivity contribution in [3.63, 3.8) is 0 Å². The summed E-state index contributed by atoms with van der Waals surface area (Å²) in [6.07, 6.45) is 2.77. The number of aryl methyl sites for hydroxylation is 1. The Bertz CT molecular complexity index is 1430. The Hall–Kier alpha value is -3.65. The molecule has 3 aromatic heterocycles. The SMILES string of the molecule is Cc1ccccc1Cn1c2ccccc2c2nnc(SCCCC(=O)NCc3ccco3)nc21. The second-order valence-electron chi connectivity index (χ2n) is 8.10. The molecule has 0 spiro atoms. The molecule has 5 aromatic rings. The minimum absolute atomic E-state index is 0.00449. The smallest absolute Gasteiger partial charge is 0.220 e. The summed E-state index contributed by atoms with van der Waals surface area (Å²) in [6.45, 7) is 3.26. The Morgan fingerprint density at radius 2 is 1.91 bits per heavy atom. The average Bonchev–Trinajstić information content (AvgIpc) is 3.49. The maximum atomic E-state index is 12.1. The number of nitrogens with zero attached hydrogens (tertiary/aromatic N) is 4. The second kappa shape index (κ2) is 10.1. The van der Waals surface area contributed by atoms with E-state index in [2.05, 4.69) is 63.4 Å². The number of hydrogen-bond acceptors (Lipinski definition) is 6. The molecule has 1 N–H and O–H groups in total. The minimum Gasteiger partial charge on any atom is -0.467 e. The number of para-hydroxylation sites is 1. The molecule has 0 saturated heterocycles. The van der Waals surface area contributed by atoms with Gasteiger partial charge in [0.1, 0.15) is 11.3 Å². The molecule has 5 rings (SSSR count). The van der Waals surface area contributed by atoms with Gasteiger partial charge in [-0.05, 0) is 42.7 Å². The van der Waals surface area contributed by atoms with Gasteiger partial charge in [-0.15, -0.1) is 10.2 Å². The van der Waals surface area contributed by atoms with E-state index in [0.29, 0.717) is 18.1 Å². The first-order valence-electron chi connectivity index (χ1n) is 11.3. The van der Waals surface area contributed by atoms with Crippen LogP contribution in [0, 0.1) is 6.92 Å². The summed E-state index contributed by atoms with van der Waals surface area (Å²) in [5.41, 5.74) is 5.23. The summed E-state index contributed by atoms with van der Waals surface area (Å²) >= 11 is 1.52. The lowest BCUT2D eigenvalue weighted by molar-refractivity contribution is -0.121. The fourth-order valence-corrected chi connectivity index (χ4v) is 4.67. The molecule has 0 aliphatic heterocycles. The minimum atomic E-state index is 0.00449. The van der Waals surface area contributed by atoms with Crippen LogP contribution in [0.15, 0.2) is 76.5 Å². The first kappa shape index (κ1) is 22.2. The molecular formula is C26H25N5O2S. The van der Waals surface area contributed by atoms with E-state index >= 15 is 0 Å². The lowest BCUT2D eigenvalue weighted by atomic mass is 10.1. The first-order valence-corrected chi connectivity index (χ1v) is 12.3. The zero-order chi connectivity index (χ0) is 23.3. The molecule has 34 heavy (non-hydrogen) atoms. The number of fused-ring (bicyclic) bond motifs is 3. The molecule has 0 fully saturated rings. The van der Waals surface area contributed by atoms with Gasteiger partial charge in [0.05, 0.1) is 18.3 Å². The van der Waals surface area contributed by atoms with Gasteiger partial charge in [0, 0.05) is 24.1 Å². The fourth-order valence-electron chi connectivity index (χ4n) is 3.95. The molecule has 3 heterocycles. The molecule has 0 aliphatic rings. The number of rotatable bonds is 9. The quantitative estimate of drug-likeness (QED) is 0.237. The highest BCUT2D eigenvalue weighted by Crippen LogP contribution is 2.28. The number of carbonyl (C=O) groups is 1. The highest BCUT2D eigenvalue weighted by Gasteiger charge is 2.15. The molecule has 0 atom stereocenters. The zero-order valence-electron chi connectivity index (χ0n) is 18.9. The van der Waals surface area contributed by atoms with Crippen molar-refractivity contribution in [1.29, 1.82) is 0 Å². The fraction of sp³-hybridized carbons (Fsp3) is 0.231. The topological polar surface area (TPSA) is 85.8 Å². The molecule has 172 valence electrons. The van der Waals surface area contributed by atoms with Crippen molar-refractivity contribution in [2.75, 3.05) is 5.75 Å². The predicted molar refractivity (Wildman–Crippen MR) is 134 cm³/mol. The van der Waals surface area contributed by atoms with Crippen LogP contribution in [0.1, 0.15) is 29.7 Å². The van der Waals surface area contributed by atoms with Gasteiger partial charge in [0.15, 0.2) is 5.65 Å². The first-order chi connectivity index (χ1) is 16.7. The Labute approximate surface area is 201 Å². The Morgan fingerprint density at radius 3 is 2.76 bits per heavy atom. The zero-order valence-corrected chi connectivity index (χ0v) is 19.7. The normalized spacial score (nSPS) is 11.3. The molecule has 0 unspecified atom stereocenters. The lowest BCUT2D eigenvalue weighted by Crippen LogP contribution is -2.22. The number of benzene rings is 2. The van der Waals surface area contributed by atoms with E-state index in [-0.39, 0.29) is 5.91 Å². The van der Waals surface area contributed by atoms with E-state index in [1.807, 2.05) is 24.3 Å². The molecule has 0 aliphatic carbocycles. The summed E-state index contributed by atoms with van der Waals surface area (Å²) < 4.78 is 7.45. The highest BCUT2D eigenvalue weighted by molar-refractivity contribution is 7.99. The van der Waals surface area contributed by atoms with Gasteiger partial charge in [-0.3, -0.25) is 4.79 Å². The predicted octanol–water partition coefficient (Wildman–Crippen LogP) is 5.12. The number of aromatic nitrogens is 4. The number of furan rings is 1. The third kappa shape index (κ3) is 4.82. The second-order valence-corrected chi connectivity index (χ2v) is 9.17. The molecule has 7 nitrogen and oxygen atoms in total. The largest absolute Gasteiger partial charge is 0.467 e. The number of amides is 1. The van der Waals surface area contributed by atoms with E-state index in [1.165, 1.54) is 22.9 Å². The van der Waals surface area contributed by atoms with E-state index in [4.69, 9.17) is 9.40 Å². The Balaban J connectivity index is 1.29. The van der Waals surface area contributed by atoms with E-state index in [1.54, 1.807) is 6.26 Å². The summed E-state index contributed by atoms with van der Waals surface area (Å²) in [4.78, 5) is 16.9. The summed E-state index contributed by atoms with van der Waals surface area (Å²) in [5, 5.41) is 13.4. The van der Waals surface area contributed by atoms with Crippen LogP contribution >= 0.6 is 11.8 Å². The van der Waals surface area contributed by atoms with Crippen LogP contribution in [0.3, 0.4) is 0 Å². The van der Waals surface area contributed by atoms with Crippen LogP contribution in [0.4, 0.5) is 0 Å². The maximum absolute atomic E-state index is 12.1. The maximum Gasteiger partial charge on any atom is 0.220 e. The van der Waals surface area contributed by atoms with Crippen molar-refractivity contribution < 1.29 is 9.21 Å². The van der Waals surface area contributed by atoms with Gasteiger partial charge >= 0.3 is 0 Å². The van der Waals surface area contributed by atoms with Crippen LogP contribution in [0.25, 0.3) is 22.1 Å². The summed E-state index contributed by atoms with van der Waals surface area (Å²) in [5.74, 6) is 1.49. The van der Waals surface area contributed by atoms with Gasteiger partial charge in [-0.25, -0.2) is 4.98 Å². The number of hydrogen-bond donors (Lipinski definition) is 1. The Morgan fingerprint density at radius 1 is 1.06 bits per heavy atom. The van der Waals surface area contributed by atoms with Crippen LogP contribution in [-0.2, 0) is 17.9 Å². The van der Waals surface area contributed by atoms with Crippen LogP contribution in [0.2, 0.25) is 0 Å². The summed E-state index contributed by atoms with van der Waals surface area (Å²) in [6, 6.07) is 20.3. The molecule has 8 heteroatoms. The monoisotopic (exact) mass is 471 g/mol. The van der Waals surface area contributed by atoms with Crippen molar-refractivity contribution in [2.24, 2.45) is 0 Å². The van der Waals surface area contributed by atoms with E-state index in [9.17, 15) is 4.79 Å². The lowest BCUT2D eigenvalue weighted by Gasteiger charge is -2.09. The van der Waals surface area contributed by atoms with Crippen LogP contribution in [-0.4, -0.2) is 31.4 Å². The molecule has 1 amide bonds. The van der Waals surface area contributed by atoms with Gasteiger partial charge < -0.3 is 14.3 Å².